The second-order valence-corrected chi connectivity index (χ2v) is 9.58. The second-order valence-electron chi connectivity index (χ2n) is 9.20. The van der Waals surface area contributed by atoms with Gasteiger partial charge in [0.2, 0.25) is 5.95 Å². The molecule has 1 saturated heterocycles. The monoisotopic (exact) mass is 589 g/mol. The summed E-state index contributed by atoms with van der Waals surface area (Å²) in [7, 11) is 3.38. The van der Waals surface area contributed by atoms with E-state index in [1.807, 2.05) is 4.90 Å². The molecule has 4 aromatic rings. The number of aryl methyl sites for hydroxylation is 1. The normalized spacial score (nSPS) is 14.8. The van der Waals surface area contributed by atoms with Crippen LogP contribution in [0.2, 0.25) is 5.02 Å². The van der Waals surface area contributed by atoms with Crippen LogP contribution < -0.4 is 21.1 Å². The van der Waals surface area contributed by atoms with Crippen LogP contribution in [-0.2, 0) is 24.5 Å². The highest BCUT2D eigenvalue weighted by molar-refractivity contribution is 6.36. The van der Waals surface area contributed by atoms with Crippen LogP contribution in [0, 0.1) is 0 Å². The molecule has 1 aliphatic heterocycles. The number of fused-ring (bicyclic) bond motifs is 1. The molecule has 11 nitrogen and oxygen atoms in total. The molecule has 1 aliphatic rings. The lowest BCUT2D eigenvalue weighted by atomic mass is 10.1. The van der Waals surface area contributed by atoms with Crippen LogP contribution >= 0.6 is 11.6 Å². The Labute approximate surface area is 238 Å². The maximum absolute atomic E-state index is 13.8. The Balaban J connectivity index is 1.43. The third-order valence-corrected chi connectivity index (χ3v) is 6.79. The molecular formula is C26H27ClF3N9O2. The number of ether oxygens (including phenoxy) is 2. The molecule has 0 saturated carbocycles. The summed E-state index contributed by atoms with van der Waals surface area (Å²) >= 11 is 6.69. The molecule has 4 heterocycles. The van der Waals surface area contributed by atoms with Crippen molar-refractivity contribution in [1.29, 1.82) is 0 Å². The molecule has 4 N–H and O–H groups in total. The molecule has 0 amide bonds. The zero-order valence-electron chi connectivity index (χ0n) is 22.2. The largest absolute Gasteiger partial charge is 0.450 e. The summed E-state index contributed by atoms with van der Waals surface area (Å²) in [5, 5.41) is 6.05. The van der Waals surface area contributed by atoms with Crippen molar-refractivity contribution in [3.8, 4) is 5.75 Å². The van der Waals surface area contributed by atoms with Gasteiger partial charge in [-0.3, -0.25) is 4.90 Å². The first-order valence-electron chi connectivity index (χ1n) is 12.6. The Morgan fingerprint density at radius 2 is 1.93 bits per heavy atom. The van der Waals surface area contributed by atoms with Crippen molar-refractivity contribution >= 4 is 46.0 Å². The van der Waals surface area contributed by atoms with Gasteiger partial charge in [-0.2, -0.15) is 18.2 Å². The van der Waals surface area contributed by atoms with E-state index in [1.165, 1.54) is 24.8 Å². The molecule has 41 heavy (non-hydrogen) atoms. The molecule has 3 aromatic heterocycles. The van der Waals surface area contributed by atoms with E-state index in [0.717, 1.165) is 12.1 Å². The molecule has 5 rings (SSSR count). The van der Waals surface area contributed by atoms with Crippen molar-refractivity contribution < 1.29 is 22.6 Å². The van der Waals surface area contributed by atoms with Gasteiger partial charge < -0.3 is 30.4 Å². The van der Waals surface area contributed by atoms with E-state index in [1.54, 1.807) is 24.7 Å². The lowest BCUT2D eigenvalue weighted by molar-refractivity contribution is -0.137. The minimum absolute atomic E-state index is 0.175. The number of benzene rings is 1. The number of rotatable bonds is 8. The summed E-state index contributed by atoms with van der Waals surface area (Å²) in [6.07, 6.45) is 1.09. The number of halogens is 4. The standard InChI is InChI=1S/C26H27ClF3N9O2/c1-32-21-13-33-18(11-34-21)19(10-31)41-20-12-35-24-23(22(20)27)38(2)25(37-24)36-17-8-15(7-16(9-17)26(28,29)30)14-39-3-5-40-6-4-39/h7-13H,3-6,14,31H2,1-2H3,(H,32,34)(H,35,36,37). The fourth-order valence-corrected chi connectivity index (χ4v) is 4.63. The summed E-state index contributed by atoms with van der Waals surface area (Å²) in [4.78, 5) is 19.3. The number of aromatic nitrogens is 5. The minimum Gasteiger partial charge on any atom is -0.450 e. The summed E-state index contributed by atoms with van der Waals surface area (Å²) in [6, 6.07) is 3.88. The van der Waals surface area contributed by atoms with Gasteiger partial charge in [0, 0.05) is 45.6 Å². The van der Waals surface area contributed by atoms with Crippen molar-refractivity contribution in [3.05, 3.63) is 64.8 Å². The van der Waals surface area contributed by atoms with Crippen LogP contribution in [0.1, 0.15) is 16.8 Å². The molecule has 1 aromatic carbocycles. The highest BCUT2D eigenvalue weighted by atomic mass is 35.5. The predicted molar refractivity (Wildman–Crippen MR) is 149 cm³/mol. The van der Waals surface area contributed by atoms with E-state index in [-0.39, 0.29) is 33.8 Å². The van der Waals surface area contributed by atoms with Crippen molar-refractivity contribution in [1.82, 2.24) is 29.4 Å². The van der Waals surface area contributed by atoms with Crippen LogP contribution in [0.5, 0.6) is 5.75 Å². The number of pyridine rings is 1. The van der Waals surface area contributed by atoms with Gasteiger partial charge in [0.25, 0.3) is 0 Å². The number of anilines is 3. The number of nitrogens with two attached hydrogens (primary N) is 1. The maximum Gasteiger partial charge on any atom is 0.416 e. The fourth-order valence-electron chi connectivity index (χ4n) is 4.34. The molecule has 0 unspecified atom stereocenters. The second kappa shape index (κ2) is 11.8. The van der Waals surface area contributed by atoms with Crippen molar-refractivity contribution in [2.45, 2.75) is 12.7 Å². The topological polar surface area (TPSA) is 128 Å². The third kappa shape index (κ3) is 6.29. The lowest BCUT2D eigenvalue weighted by Crippen LogP contribution is -2.35. The molecule has 1 fully saturated rings. The summed E-state index contributed by atoms with van der Waals surface area (Å²) in [5.41, 5.74) is 6.79. The van der Waals surface area contributed by atoms with E-state index in [0.29, 0.717) is 55.4 Å². The highest BCUT2D eigenvalue weighted by Gasteiger charge is 2.31. The molecule has 0 radical (unpaired) electrons. The van der Waals surface area contributed by atoms with E-state index >= 15 is 0 Å². The van der Waals surface area contributed by atoms with Crippen LogP contribution in [0.25, 0.3) is 16.9 Å². The molecular weight excluding hydrogens is 563 g/mol. The van der Waals surface area contributed by atoms with Crippen LogP contribution in [-0.4, -0.2) is 62.8 Å². The fraction of sp³-hybridized carbons (Fsp3) is 0.308. The number of imidazole rings is 1. The zero-order valence-corrected chi connectivity index (χ0v) is 22.9. The van der Waals surface area contributed by atoms with Gasteiger partial charge >= 0.3 is 6.18 Å². The van der Waals surface area contributed by atoms with Gasteiger partial charge in [-0.15, -0.1) is 0 Å². The van der Waals surface area contributed by atoms with E-state index in [9.17, 15) is 13.2 Å². The van der Waals surface area contributed by atoms with E-state index in [4.69, 9.17) is 26.8 Å². The zero-order chi connectivity index (χ0) is 29.1. The molecule has 0 spiro atoms. The molecule has 15 heteroatoms. The number of hydrogen-bond acceptors (Lipinski definition) is 10. The van der Waals surface area contributed by atoms with Gasteiger partial charge in [0.1, 0.15) is 22.1 Å². The Morgan fingerprint density at radius 1 is 1.15 bits per heavy atom. The highest BCUT2D eigenvalue weighted by Crippen LogP contribution is 2.36. The first kappa shape index (κ1) is 28.4. The molecule has 216 valence electrons. The van der Waals surface area contributed by atoms with Gasteiger partial charge in [0.15, 0.2) is 17.2 Å². The van der Waals surface area contributed by atoms with Crippen LogP contribution in [0.15, 0.2) is 43.0 Å². The van der Waals surface area contributed by atoms with Crippen molar-refractivity contribution in [2.75, 3.05) is 44.0 Å². The average molecular weight is 590 g/mol. The van der Waals surface area contributed by atoms with Crippen molar-refractivity contribution in [3.63, 3.8) is 0 Å². The SMILES string of the molecule is CNc1cnc(C(=CN)Oc2cnc3nc(Nc4cc(CN5CCOCC5)cc(C(F)(F)F)c4)n(C)c3c2Cl)cn1. The van der Waals surface area contributed by atoms with Gasteiger partial charge in [0.05, 0.1) is 37.4 Å². The van der Waals surface area contributed by atoms with Gasteiger partial charge in [-0.05, 0) is 23.8 Å². The van der Waals surface area contributed by atoms with Crippen LogP contribution in [0.3, 0.4) is 0 Å². The lowest BCUT2D eigenvalue weighted by Gasteiger charge is -2.27. The smallest absolute Gasteiger partial charge is 0.416 e. The predicted octanol–water partition coefficient (Wildman–Crippen LogP) is 4.38. The first-order chi connectivity index (χ1) is 19.7. The summed E-state index contributed by atoms with van der Waals surface area (Å²) in [5.74, 6) is 1.18. The summed E-state index contributed by atoms with van der Waals surface area (Å²) < 4.78 is 54.1. The molecule has 0 atom stereocenters. The number of morpholine rings is 1. The van der Waals surface area contributed by atoms with Gasteiger partial charge in [-0.1, -0.05) is 11.6 Å². The van der Waals surface area contributed by atoms with Gasteiger partial charge in [-0.25, -0.2) is 15.0 Å². The van der Waals surface area contributed by atoms with E-state index < -0.39 is 11.7 Å². The molecule has 0 aliphatic carbocycles. The van der Waals surface area contributed by atoms with E-state index in [2.05, 4.69) is 30.6 Å². The quantitative estimate of drug-likeness (QED) is 0.255. The average Bonchev–Trinajstić information content (AvgIpc) is 3.28. The first-order valence-corrected chi connectivity index (χ1v) is 12.9. The number of nitrogens with one attached hydrogen (secondary N) is 2. The minimum atomic E-state index is -4.52. The van der Waals surface area contributed by atoms with Crippen molar-refractivity contribution in [2.24, 2.45) is 12.8 Å². The number of nitrogens with zero attached hydrogens (tertiary/aromatic N) is 6. The Morgan fingerprint density at radius 3 is 2.59 bits per heavy atom. The summed E-state index contributed by atoms with van der Waals surface area (Å²) in [6.45, 7) is 2.74. The Kier molecular flexibility index (Phi) is 8.15. The third-order valence-electron chi connectivity index (χ3n) is 6.42. The Hall–Kier alpha value is -4.14. The Bertz CT molecular complexity index is 1570. The van der Waals surface area contributed by atoms with Crippen LogP contribution in [0.4, 0.5) is 30.6 Å². The number of hydrogen-bond donors (Lipinski definition) is 3. The number of alkyl halides is 3. The maximum atomic E-state index is 13.8. The molecule has 0 bridgehead atoms.